The van der Waals surface area contributed by atoms with Gasteiger partial charge >= 0.3 is 5.97 Å². The highest BCUT2D eigenvalue weighted by molar-refractivity contribution is 5.95. The molecule has 1 N–H and O–H groups in total. The number of carbonyl (C=O) groups excluding carboxylic acids is 2. The SMILES string of the molecule is CC(C)CCOc1ccc(C(=O)OCC(=O)Nc2ccc(F)c(F)c2F)cc1. The summed E-state index contributed by atoms with van der Waals surface area (Å²) >= 11 is 0. The van der Waals surface area contributed by atoms with Gasteiger partial charge in [0.25, 0.3) is 5.91 Å². The van der Waals surface area contributed by atoms with Crippen LogP contribution in [-0.4, -0.2) is 25.1 Å². The van der Waals surface area contributed by atoms with Gasteiger partial charge < -0.3 is 14.8 Å². The Morgan fingerprint density at radius 3 is 2.32 bits per heavy atom. The van der Waals surface area contributed by atoms with E-state index in [4.69, 9.17) is 9.47 Å². The molecule has 0 fully saturated rings. The summed E-state index contributed by atoms with van der Waals surface area (Å²) in [5, 5.41) is 2.01. The third-order valence-electron chi connectivity index (χ3n) is 3.70. The van der Waals surface area contributed by atoms with Crippen LogP contribution in [0.15, 0.2) is 36.4 Å². The first-order chi connectivity index (χ1) is 13.3. The standard InChI is InChI=1S/C20H20F3NO4/c1-12(2)9-10-27-14-5-3-13(4-6-14)20(26)28-11-17(25)24-16-8-7-15(21)18(22)19(16)23/h3-8,12H,9-11H2,1-2H3,(H,24,25). The summed E-state index contributed by atoms with van der Waals surface area (Å²) in [4.78, 5) is 23.7. The smallest absolute Gasteiger partial charge is 0.338 e. The van der Waals surface area contributed by atoms with Crippen molar-refractivity contribution in [1.82, 2.24) is 0 Å². The van der Waals surface area contributed by atoms with Crippen molar-refractivity contribution in [1.29, 1.82) is 0 Å². The van der Waals surface area contributed by atoms with Crippen LogP contribution in [0.4, 0.5) is 18.9 Å². The number of esters is 1. The molecule has 0 heterocycles. The zero-order valence-electron chi connectivity index (χ0n) is 15.4. The van der Waals surface area contributed by atoms with Gasteiger partial charge in [0.1, 0.15) is 5.75 Å². The molecule has 0 spiro atoms. The quantitative estimate of drug-likeness (QED) is 0.534. The Balaban J connectivity index is 1.84. The van der Waals surface area contributed by atoms with Crippen LogP contribution in [0.5, 0.6) is 5.75 Å². The number of amides is 1. The van der Waals surface area contributed by atoms with Crippen molar-refractivity contribution in [3.05, 3.63) is 59.4 Å². The average Bonchev–Trinajstić information content (AvgIpc) is 2.67. The minimum Gasteiger partial charge on any atom is -0.494 e. The van der Waals surface area contributed by atoms with Crippen molar-refractivity contribution >= 4 is 17.6 Å². The highest BCUT2D eigenvalue weighted by atomic mass is 19.2. The van der Waals surface area contributed by atoms with Crippen LogP contribution in [0.3, 0.4) is 0 Å². The number of ether oxygens (including phenoxy) is 2. The molecule has 0 aromatic heterocycles. The van der Waals surface area contributed by atoms with E-state index in [1.165, 1.54) is 12.1 Å². The van der Waals surface area contributed by atoms with E-state index in [-0.39, 0.29) is 5.56 Å². The highest BCUT2D eigenvalue weighted by Crippen LogP contribution is 2.19. The zero-order chi connectivity index (χ0) is 20.7. The monoisotopic (exact) mass is 395 g/mol. The Morgan fingerprint density at radius 1 is 1.00 bits per heavy atom. The number of rotatable bonds is 8. The maximum atomic E-state index is 13.5. The molecular weight excluding hydrogens is 375 g/mol. The van der Waals surface area contributed by atoms with Crippen molar-refractivity contribution < 1.29 is 32.2 Å². The Labute approximate surface area is 160 Å². The topological polar surface area (TPSA) is 64.6 Å². The van der Waals surface area contributed by atoms with E-state index in [1.807, 2.05) is 5.32 Å². The fourth-order valence-electron chi connectivity index (χ4n) is 2.12. The van der Waals surface area contributed by atoms with E-state index in [0.717, 1.165) is 12.5 Å². The molecule has 2 aromatic rings. The summed E-state index contributed by atoms with van der Waals surface area (Å²) in [5.41, 5.74) is -0.356. The van der Waals surface area contributed by atoms with E-state index in [0.29, 0.717) is 24.3 Å². The molecule has 2 rings (SSSR count). The van der Waals surface area contributed by atoms with Gasteiger partial charge in [-0.05, 0) is 48.7 Å². The predicted octanol–water partition coefficient (Wildman–Crippen LogP) is 4.32. The third-order valence-corrected chi connectivity index (χ3v) is 3.70. The fourth-order valence-corrected chi connectivity index (χ4v) is 2.12. The highest BCUT2D eigenvalue weighted by Gasteiger charge is 2.16. The van der Waals surface area contributed by atoms with Gasteiger partial charge in [0, 0.05) is 0 Å². The molecule has 1 amide bonds. The Kier molecular flexibility index (Phi) is 7.43. The number of carbonyl (C=O) groups is 2. The molecule has 0 saturated heterocycles. The molecule has 0 aliphatic heterocycles. The molecule has 2 aromatic carbocycles. The number of anilines is 1. The summed E-state index contributed by atoms with van der Waals surface area (Å²) in [6.07, 6.45) is 0.900. The van der Waals surface area contributed by atoms with E-state index < -0.39 is 41.6 Å². The van der Waals surface area contributed by atoms with Crippen LogP contribution in [0.2, 0.25) is 0 Å². The van der Waals surface area contributed by atoms with Crippen molar-refractivity contribution in [2.75, 3.05) is 18.5 Å². The number of benzene rings is 2. The summed E-state index contributed by atoms with van der Waals surface area (Å²) in [7, 11) is 0. The van der Waals surface area contributed by atoms with Crippen LogP contribution in [0.1, 0.15) is 30.6 Å². The fraction of sp³-hybridized carbons (Fsp3) is 0.300. The maximum Gasteiger partial charge on any atom is 0.338 e. The Morgan fingerprint density at radius 2 is 1.68 bits per heavy atom. The van der Waals surface area contributed by atoms with Gasteiger partial charge in [-0.3, -0.25) is 4.79 Å². The predicted molar refractivity (Wildman–Crippen MR) is 96.6 cm³/mol. The minimum atomic E-state index is -1.70. The number of halogens is 3. The van der Waals surface area contributed by atoms with Gasteiger partial charge in [-0.1, -0.05) is 13.8 Å². The van der Waals surface area contributed by atoms with Crippen molar-refractivity contribution in [2.45, 2.75) is 20.3 Å². The van der Waals surface area contributed by atoms with Gasteiger partial charge in [-0.25, -0.2) is 18.0 Å². The van der Waals surface area contributed by atoms with Crippen molar-refractivity contribution in [3.8, 4) is 5.75 Å². The van der Waals surface area contributed by atoms with Crippen LogP contribution in [0.25, 0.3) is 0 Å². The molecular formula is C20H20F3NO4. The molecule has 0 aliphatic rings. The number of nitrogens with one attached hydrogen (secondary N) is 1. The van der Waals surface area contributed by atoms with Crippen molar-refractivity contribution in [3.63, 3.8) is 0 Å². The summed E-state index contributed by atoms with van der Waals surface area (Å²) < 4.78 is 49.9. The van der Waals surface area contributed by atoms with Gasteiger partial charge in [-0.15, -0.1) is 0 Å². The second kappa shape index (κ2) is 9.77. The number of hydrogen-bond donors (Lipinski definition) is 1. The lowest BCUT2D eigenvalue weighted by Crippen LogP contribution is -2.21. The van der Waals surface area contributed by atoms with E-state index in [1.54, 1.807) is 12.1 Å². The lowest BCUT2D eigenvalue weighted by molar-refractivity contribution is -0.119. The van der Waals surface area contributed by atoms with E-state index in [2.05, 4.69) is 13.8 Å². The van der Waals surface area contributed by atoms with Gasteiger partial charge in [0.05, 0.1) is 17.9 Å². The first-order valence-corrected chi connectivity index (χ1v) is 8.61. The lowest BCUT2D eigenvalue weighted by atomic mass is 10.1. The van der Waals surface area contributed by atoms with Gasteiger partial charge in [-0.2, -0.15) is 0 Å². The molecule has 0 radical (unpaired) electrons. The van der Waals surface area contributed by atoms with Gasteiger partial charge in [0.15, 0.2) is 24.1 Å². The summed E-state index contributed by atoms with van der Waals surface area (Å²) in [6.45, 7) is 4.01. The lowest BCUT2D eigenvalue weighted by Gasteiger charge is -2.09. The van der Waals surface area contributed by atoms with E-state index >= 15 is 0 Å². The second-order valence-corrected chi connectivity index (χ2v) is 6.40. The maximum absolute atomic E-state index is 13.5. The second-order valence-electron chi connectivity index (χ2n) is 6.40. The largest absolute Gasteiger partial charge is 0.494 e. The van der Waals surface area contributed by atoms with Crippen LogP contribution in [0, 0.1) is 23.4 Å². The van der Waals surface area contributed by atoms with E-state index in [9.17, 15) is 22.8 Å². The molecule has 0 aliphatic carbocycles. The third kappa shape index (κ3) is 6.00. The Hall–Kier alpha value is -3.03. The minimum absolute atomic E-state index is 0.197. The average molecular weight is 395 g/mol. The molecule has 0 unspecified atom stereocenters. The van der Waals surface area contributed by atoms with Crippen molar-refractivity contribution in [2.24, 2.45) is 5.92 Å². The molecule has 0 atom stereocenters. The molecule has 0 bridgehead atoms. The number of hydrogen-bond acceptors (Lipinski definition) is 4. The molecule has 28 heavy (non-hydrogen) atoms. The van der Waals surface area contributed by atoms with Gasteiger partial charge in [0.2, 0.25) is 0 Å². The van der Waals surface area contributed by atoms with Crippen LogP contribution >= 0.6 is 0 Å². The summed E-state index contributed by atoms with van der Waals surface area (Å²) in [5.74, 6) is -5.16. The molecule has 0 saturated carbocycles. The summed E-state index contributed by atoms with van der Waals surface area (Å²) in [6, 6.07) is 7.72. The van der Waals surface area contributed by atoms with Crippen LogP contribution in [-0.2, 0) is 9.53 Å². The first-order valence-electron chi connectivity index (χ1n) is 8.61. The zero-order valence-corrected chi connectivity index (χ0v) is 15.4. The molecule has 8 heteroatoms. The Bertz CT molecular complexity index is 838. The van der Waals surface area contributed by atoms with Crippen LogP contribution < -0.4 is 10.1 Å². The molecule has 5 nitrogen and oxygen atoms in total. The first kappa shape index (κ1) is 21.3. The normalized spacial score (nSPS) is 10.6. The molecule has 150 valence electrons.